The van der Waals surface area contributed by atoms with E-state index in [4.69, 9.17) is 5.84 Å². The van der Waals surface area contributed by atoms with Crippen LogP contribution in [0.4, 0.5) is 13.2 Å². The van der Waals surface area contributed by atoms with Crippen LogP contribution < -0.4 is 16.8 Å². The molecule has 21 heavy (non-hydrogen) atoms. The first-order chi connectivity index (χ1) is 9.82. The molecule has 0 aliphatic carbocycles. The number of hydrogen-bond donors (Lipinski definition) is 2. The van der Waals surface area contributed by atoms with Crippen molar-refractivity contribution in [3.05, 3.63) is 56.1 Å². The molecule has 112 valence electrons. The number of hydrazine groups is 1. The average Bonchev–Trinajstić information content (AvgIpc) is 2.87. The highest BCUT2D eigenvalue weighted by atomic mass is 32.1. The summed E-state index contributed by atoms with van der Waals surface area (Å²) in [5.74, 6) is 4.44. The third-order valence-electron chi connectivity index (χ3n) is 2.67. The summed E-state index contributed by atoms with van der Waals surface area (Å²) < 4.78 is 39.3. The van der Waals surface area contributed by atoms with Crippen molar-refractivity contribution in [2.75, 3.05) is 0 Å². The largest absolute Gasteiger partial charge is 0.431 e. The van der Waals surface area contributed by atoms with Gasteiger partial charge in [0.15, 0.2) is 0 Å². The van der Waals surface area contributed by atoms with Crippen LogP contribution in [0.3, 0.4) is 0 Å². The number of halogens is 3. The van der Waals surface area contributed by atoms with Gasteiger partial charge in [0.2, 0.25) is 0 Å². The van der Waals surface area contributed by atoms with Gasteiger partial charge >= 0.3 is 6.18 Å². The van der Waals surface area contributed by atoms with Crippen molar-refractivity contribution >= 4 is 17.2 Å². The van der Waals surface area contributed by atoms with Crippen LogP contribution in [0.25, 0.3) is 0 Å². The van der Waals surface area contributed by atoms with Crippen LogP contribution in [0, 0.1) is 0 Å². The van der Waals surface area contributed by atoms with E-state index in [9.17, 15) is 22.8 Å². The highest BCUT2D eigenvalue weighted by molar-refractivity contribution is 7.14. The van der Waals surface area contributed by atoms with Crippen LogP contribution in [0.2, 0.25) is 0 Å². The molecule has 2 aromatic rings. The number of aromatic nitrogens is 1. The van der Waals surface area contributed by atoms with Crippen molar-refractivity contribution in [3.8, 4) is 0 Å². The SMILES string of the molecule is NNC(=O)c1ccc(Cn2c(C(F)(F)F)cccc2=O)s1. The number of nitrogens with two attached hydrogens (primary N) is 1. The molecule has 2 rings (SSSR count). The molecular formula is C12H10F3N3O2S. The second-order valence-corrected chi connectivity index (χ2v) is 5.24. The predicted molar refractivity (Wildman–Crippen MR) is 70.8 cm³/mol. The molecule has 1 amide bonds. The van der Waals surface area contributed by atoms with Crippen molar-refractivity contribution in [1.82, 2.24) is 9.99 Å². The minimum atomic E-state index is -4.63. The van der Waals surface area contributed by atoms with Gasteiger partial charge in [-0.1, -0.05) is 6.07 Å². The van der Waals surface area contributed by atoms with Crippen LogP contribution in [0.5, 0.6) is 0 Å². The number of alkyl halides is 3. The fourth-order valence-electron chi connectivity index (χ4n) is 1.74. The van der Waals surface area contributed by atoms with Crippen LogP contribution >= 0.6 is 11.3 Å². The third-order valence-corrected chi connectivity index (χ3v) is 3.74. The molecule has 0 radical (unpaired) electrons. The quantitative estimate of drug-likeness (QED) is 0.512. The lowest BCUT2D eigenvalue weighted by atomic mass is 10.3. The van der Waals surface area contributed by atoms with Crippen LogP contribution in [0.15, 0.2) is 35.1 Å². The molecule has 0 unspecified atom stereocenters. The lowest BCUT2D eigenvalue weighted by Gasteiger charge is -2.14. The zero-order valence-corrected chi connectivity index (χ0v) is 11.3. The molecule has 0 aliphatic heterocycles. The normalized spacial score (nSPS) is 11.4. The highest BCUT2D eigenvalue weighted by Gasteiger charge is 2.34. The Bertz CT molecular complexity index is 721. The van der Waals surface area contributed by atoms with E-state index in [0.717, 1.165) is 29.5 Å². The molecule has 0 atom stereocenters. The zero-order valence-electron chi connectivity index (χ0n) is 10.5. The smallest absolute Gasteiger partial charge is 0.299 e. The number of amides is 1. The molecule has 0 aromatic carbocycles. The number of carbonyl (C=O) groups is 1. The van der Waals surface area contributed by atoms with E-state index in [1.807, 2.05) is 5.43 Å². The number of hydrogen-bond acceptors (Lipinski definition) is 4. The fraction of sp³-hybridized carbons (Fsp3) is 0.167. The fourth-order valence-corrected chi connectivity index (χ4v) is 2.64. The molecule has 2 heterocycles. The Morgan fingerprint density at radius 2 is 2.00 bits per heavy atom. The summed E-state index contributed by atoms with van der Waals surface area (Å²) in [5, 5.41) is 0. The molecule has 0 bridgehead atoms. The van der Waals surface area contributed by atoms with E-state index in [0.29, 0.717) is 9.44 Å². The number of pyridine rings is 1. The number of nitrogen functional groups attached to an aromatic ring is 1. The van der Waals surface area contributed by atoms with Gasteiger partial charge in [-0.3, -0.25) is 19.6 Å². The number of nitrogens with one attached hydrogen (secondary N) is 1. The van der Waals surface area contributed by atoms with Gasteiger partial charge in [-0.2, -0.15) is 13.2 Å². The molecule has 2 aromatic heterocycles. The van der Waals surface area contributed by atoms with Crippen molar-refractivity contribution < 1.29 is 18.0 Å². The van der Waals surface area contributed by atoms with Crippen LogP contribution in [-0.2, 0) is 12.7 Å². The van der Waals surface area contributed by atoms with Crippen LogP contribution in [-0.4, -0.2) is 10.5 Å². The van der Waals surface area contributed by atoms with Crippen molar-refractivity contribution in [2.45, 2.75) is 12.7 Å². The summed E-state index contributed by atoms with van der Waals surface area (Å²) in [6, 6.07) is 5.86. The minimum Gasteiger partial charge on any atom is -0.299 e. The molecule has 0 spiro atoms. The Kier molecular flexibility index (Phi) is 4.14. The van der Waals surface area contributed by atoms with Gasteiger partial charge in [0.25, 0.3) is 11.5 Å². The first kappa shape index (κ1) is 15.3. The van der Waals surface area contributed by atoms with Crippen molar-refractivity contribution in [1.29, 1.82) is 0 Å². The Hall–Kier alpha value is -2.13. The van der Waals surface area contributed by atoms with E-state index < -0.39 is 23.3 Å². The number of rotatable bonds is 3. The monoisotopic (exact) mass is 317 g/mol. The van der Waals surface area contributed by atoms with Crippen molar-refractivity contribution in [3.63, 3.8) is 0 Å². The third kappa shape index (κ3) is 3.31. The molecule has 9 heteroatoms. The molecular weight excluding hydrogens is 307 g/mol. The second-order valence-electron chi connectivity index (χ2n) is 4.07. The maximum atomic E-state index is 12.9. The lowest BCUT2D eigenvalue weighted by Crippen LogP contribution is -2.29. The lowest BCUT2D eigenvalue weighted by molar-refractivity contribution is -0.144. The van der Waals surface area contributed by atoms with Crippen molar-refractivity contribution in [2.24, 2.45) is 5.84 Å². The predicted octanol–water partition coefficient (Wildman–Crippen LogP) is 1.58. The first-order valence-corrected chi connectivity index (χ1v) is 6.51. The Labute approximate surface area is 120 Å². The molecule has 0 aliphatic rings. The number of nitrogens with zero attached hydrogens (tertiary/aromatic N) is 1. The maximum Gasteiger partial charge on any atom is 0.431 e. The van der Waals surface area contributed by atoms with E-state index in [-0.39, 0.29) is 11.4 Å². The average molecular weight is 317 g/mol. The summed E-state index contributed by atoms with van der Waals surface area (Å²) >= 11 is 0.969. The van der Waals surface area contributed by atoms with Crippen LogP contribution in [0.1, 0.15) is 20.2 Å². The van der Waals surface area contributed by atoms with Gasteiger partial charge in [-0.15, -0.1) is 11.3 Å². The van der Waals surface area contributed by atoms with E-state index >= 15 is 0 Å². The standard InChI is InChI=1S/C12H10F3N3O2S/c13-12(14,15)9-2-1-3-10(19)18(9)6-7-4-5-8(21-7)11(20)17-16/h1-5H,6,16H2,(H,17,20). The summed E-state index contributed by atoms with van der Waals surface area (Å²) in [4.78, 5) is 23.6. The van der Waals surface area contributed by atoms with Gasteiger partial charge in [-0.25, -0.2) is 5.84 Å². The number of thiophene rings is 1. The minimum absolute atomic E-state index is 0.255. The summed E-state index contributed by atoms with van der Waals surface area (Å²) in [6.07, 6.45) is -4.63. The molecule has 0 saturated heterocycles. The molecule has 0 saturated carbocycles. The number of carbonyl (C=O) groups excluding carboxylic acids is 1. The second kappa shape index (κ2) is 5.70. The van der Waals surface area contributed by atoms with E-state index in [1.54, 1.807) is 0 Å². The maximum absolute atomic E-state index is 12.9. The summed E-state index contributed by atoms with van der Waals surface area (Å²) in [7, 11) is 0. The Morgan fingerprint density at radius 1 is 1.29 bits per heavy atom. The van der Waals surface area contributed by atoms with Gasteiger partial charge in [0, 0.05) is 10.9 Å². The molecule has 0 fully saturated rings. The Balaban J connectivity index is 2.38. The Morgan fingerprint density at radius 3 is 2.62 bits per heavy atom. The van der Waals surface area contributed by atoms with Gasteiger partial charge in [0.05, 0.1) is 11.4 Å². The van der Waals surface area contributed by atoms with Gasteiger partial charge in [-0.05, 0) is 18.2 Å². The van der Waals surface area contributed by atoms with E-state index in [1.165, 1.54) is 12.1 Å². The van der Waals surface area contributed by atoms with Gasteiger partial charge < -0.3 is 0 Å². The summed E-state index contributed by atoms with van der Waals surface area (Å²) in [5.41, 5.74) is 0.133. The van der Waals surface area contributed by atoms with Gasteiger partial charge in [0.1, 0.15) is 5.69 Å². The zero-order chi connectivity index (χ0) is 15.6. The molecule has 3 N–H and O–H groups in total. The molecule has 5 nitrogen and oxygen atoms in total. The first-order valence-electron chi connectivity index (χ1n) is 5.69. The highest BCUT2D eigenvalue weighted by Crippen LogP contribution is 2.29. The summed E-state index contributed by atoms with van der Waals surface area (Å²) in [6.45, 7) is -0.267. The topological polar surface area (TPSA) is 77.1 Å². The van der Waals surface area contributed by atoms with E-state index in [2.05, 4.69) is 0 Å².